The van der Waals surface area contributed by atoms with Crippen LogP contribution in [0.5, 0.6) is 0 Å². The topological polar surface area (TPSA) is 46.2 Å². The SMILES string of the molecule is CCCC(=O)c1cc(NC(=O)C2C(c3ccc(F)c(Cl)c3)C2(Cl)Cl)cc(C(F)(F)F)c1Cl. The molecule has 1 fully saturated rings. The molecule has 1 saturated carbocycles. The second kappa shape index (κ2) is 9.01. The number of nitrogens with one attached hydrogen (secondary N) is 1. The molecule has 1 N–H and O–H groups in total. The number of Topliss-reactive ketones (excluding diaryl/α,β-unsaturated/α-hetero) is 1. The largest absolute Gasteiger partial charge is 0.417 e. The van der Waals surface area contributed by atoms with Gasteiger partial charge in [-0.25, -0.2) is 4.39 Å². The average Bonchev–Trinajstić information content (AvgIpc) is 3.26. The third-order valence-electron chi connectivity index (χ3n) is 5.06. The van der Waals surface area contributed by atoms with Crippen molar-refractivity contribution in [2.24, 2.45) is 5.92 Å². The van der Waals surface area contributed by atoms with Gasteiger partial charge in [0, 0.05) is 23.6 Å². The Labute approximate surface area is 201 Å². The standard InChI is InChI=1S/C21H15Cl4F4NO2/c1-2-3-15(31)11-7-10(8-12(18(11)23)21(27,28)29)30-19(32)17-16(20(17,24)25)9-4-5-14(26)13(22)6-9/h4-8,16-17H,2-3H2,1H3,(H,30,32). The number of ketones is 1. The fourth-order valence-electron chi connectivity index (χ4n) is 3.46. The molecule has 1 aliphatic rings. The molecule has 172 valence electrons. The van der Waals surface area contributed by atoms with Crippen molar-refractivity contribution in [2.45, 2.75) is 36.2 Å². The summed E-state index contributed by atoms with van der Waals surface area (Å²) in [5.74, 6) is -3.85. The lowest BCUT2D eigenvalue weighted by Gasteiger charge is -2.15. The predicted octanol–water partition coefficient (Wildman–Crippen LogP) is 7.66. The van der Waals surface area contributed by atoms with E-state index in [-0.39, 0.29) is 22.7 Å². The summed E-state index contributed by atoms with van der Waals surface area (Å²) in [5.41, 5.74) is -1.48. The Kier molecular flexibility index (Phi) is 7.06. The van der Waals surface area contributed by atoms with E-state index in [0.29, 0.717) is 18.1 Å². The van der Waals surface area contributed by atoms with Crippen LogP contribution in [0.25, 0.3) is 0 Å². The number of carbonyl (C=O) groups is 2. The van der Waals surface area contributed by atoms with E-state index < -0.39 is 50.4 Å². The summed E-state index contributed by atoms with van der Waals surface area (Å²) in [6.07, 6.45) is -4.47. The van der Waals surface area contributed by atoms with Gasteiger partial charge in [0.05, 0.1) is 21.5 Å². The second-order valence-electron chi connectivity index (χ2n) is 7.35. The summed E-state index contributed by atoms with van der Waals surface area (Å²) in [5, 5.41) is 1.41. The minimum atomic E-state index is -4.85. The Balaban J connectivity index is 1.92. The lowest BCUT2D eigenvalue weighted by atomic mass is 10.0. The maximum atomic E-state index is 13.4. The van der Waals surface area contributed by atoms with Crippen molar-refractivity contribution in [1.82, 2.24) is 0 Å². The van der Waals surface area contributed by atoms with Crippen LogP contribution in [0.4, 0.5) is 23.2 Å². The first-order chi connectivity index (χ1) is 14.8. The molecule has 2 unspecified atom stereocenters. The highest BCUT2D eigenvalue weighted by atomic mass is 35.5. The third kappa shape index (κ3) is 4.86. The quantitative estimate of drug-likeness (QED) is 0.237. The van der Waals surface area contributed by atoms with Gasteiger partial charge in [0.15, 0.2) is 5.78 Å². The highest BCUT2D eigenvalue weighted by Gasteiger charge is 2.67. The highest BCUT2D eigenvalue weighted by molar-refractivity contribution is 6.53. The molecule has 0 aliphatic heterocycles. The van der Waals surface area contributed by atoms with Crippen LogP contribution in [0.1, 0.15) is 47.2 Å². The fourth-order valence-corrected chi connectivity index (χ4v) is 4.80. The molecule has 32 heavy (non-hydrogen) atoms. The van der Waals surface area contributed by atoms with E-state index in [0.717, 1.165) is 12.1 Å². The summed E-state index contributed by atoms with van der Waals surface area (Å²) in [7, 11) is 0. The van der Waals surface area contributed by atoms with Gasteiger partial charge in [-0.15, -0.1) is 23.2 Å². The number of benzene rings is 2. The molecular weight excluding hydrogens is 516 g/mol. The van der Waals surface area contributed by atoms with E-state index in [1.165, 1.54) is 12.1 Å². The zero-order chi connectivity index (χ0) is 24.0. The van der Waals surface area contributed by atoms with Crippen LogP contribution in [0.2, 0.25) is 10.0 Å². The van der Waals surface area contributed by atoms with Crippen LogP contribution in [0, 0.1) is 11.7 Å². The summed E-state index contributed by atoms with van der Waals surface area (Å²) in [6, 6.07) is 5.46. The molecule has 1 aliphatic carbocycles. The Bertz CT molecular complexity index is 1090. The smallest absolute Gasteiger partial charge is 0.326 e. The number of hydrogen-bond donors (Lipinski definition) is 1. The first-order valence-electron chi connectivity index (χ1n) is 9.36. The summed E-state index contributed by atoms with van der Waals surface area (Å²) in [6.45, 7) is 1.69. The Morgan fingerprint density at radius 2 is 1.78 bits per heavy atom. The number of alkyl halides is 5. The van der Waals surface area contributed by atoms with E-state index in [1.54, 1.807) is 6.92 Å². The van der Waals surface area contributed by atoms with E-state index in [9.17, 15) is 27.2 Å². The van der Waals surface area contributed by atoms with Crippen molar-refractivity contribution < 1.29 is 27.2 Å². The van der Waals surface area contributed by atoms with Crippen molar-refractivity contribution in [2.75, 3.05) is 5.32 Å². The average molecular weight is 531 g/mol. The molecule has 0 radical (unpaired) electrons. The molecule has 11 heteroatoms. The molecule has 0 heterocycles. The minimum absolute atomic E-state index is 0.0170. The normalized spacial score (nSPS) is 19.5. The van der Waals surface area contributed by atoms with E-state index >= 15 is 0 Å². The van der Waals surface area contributed by atoms with Crippen LogP contribution in [-0.4, -0.2) is 16.0 Å². The summed E-state index contributed by atoms with van der Waals surface area (Å²) < 4.78 is 52.2. The fraction of sp³-hybridized carbons (Fsp3) is 0.333. The van der Waals surface area contributed by atoms with Crippen LogP contribution < -0.4 is 5.32 Å². The van der Waals surface area contributed by atoms with Gasteiger partial charge in [-0.3, -0.25) is 9.59 Å². The molecule has 3 rings (SSSR count). The number of carbonyl (C=O) groups excluding carboxylic acids is 2. The molecule has 0 spiro atoms. The van der Waals surface area contributed by atoms with Gasteiger partial charge >= 0.3 is 6.18 Å². The molecular formula is C21H15Cl4F4NO2. The number of hydrogen-bond acceptors (Lipinski definition) is 2. The zero-order valence-corrected chi connectivity index (χ0v) is 19.3. The number of halogens is 8. The van der Waals surface area contributed by atoms with Crippen molar-refractivity contribution in [3.8, 4) is 0 Å². The van der Waals surface area contributed by atoms with Crippen LogP contribution in [-0.2, 0) is 11.0 Å². The molecule has 2 aromatic rings. The molecule has 1 amide bonds. The predicted molar refractivity (Wildman–Crippen MR) is 116 cm³/mol. The van der Waals surface area contributed by atoms with Crippen LogP contribution >= 0.6 is 46.4 Å². The van der Waals surface area contributed by atoms with Gasteiger partial charge in [-0.2, -0.15) is 13.2 Å². The van der Waals surface area contributed by atoms with Gasteiger partial charge in [0.2, 0.25) is 5.91 Å². The van der Waals surface area contributed by atoms with Crippen molar-refractivity contribution in [3.05, 3.63) is 62.9 Å². The van der Waals surface area contributed by atoms with Gasteiger partial charge in [-0.1, -0.05) is 36.2 Å². The maximum Gasteiger partial charge on any atom is 0.417 e. The molecule has 0 aromatic heterocycles. The van der Waals surface area contributed by atoms with Gasteiger partial charge in [0.25, 0.3) is 0 Å². The van der Waals surface area contributed by atoms with Crippen molar-refractivity contribution in [3.63, 3.8) is 0 Å². The van der Waals surface area contributed by atoms with Crippen LogP contribution in [0.15, 0.2) is 30.3 Å². The molecule has 2 atom stereocenters. The Morgan fingerprint density at radius 1 is 1.12 bits per heavy atom. The first kappa shape index (κ1) is 25.1. The molecule has 0 bridgehead atoms. The molecule has 2 aromatic carbocycles. The molecule has 3 nitrogen and oxygen atoms in total. The lowest BCUT2D eigenvalue weighted by Crippen LogP contribution is -2.19. The Hall–Kier alpha value is -1.54. The monoisotopic (exact) mass is 529 g/mol. The number of rotatable bonds is 6. The van der Waals surface area contributed by atoms with E-state index in [4.69, 9.17) is 46.4 Å². The summed E-state index contributed by atoms with van der Waals surface area (Å²) >= 11 is 24.1. The first-order valence-corrected chi connectivity index (χ1v) is 10.9. The second-order valence-corrected chi connectivity index (χ2v) is 9.58. The van der Waals surface area contributed by atoms with Gasteiger partial charge in [0.1, 0.15) is 10.2 Å². The van der Waals surface area contributed by atoms with Gasteiger partial charge < -0.3 is 5.32 Å². The highest BCUT2D eigenvalue weighted by Crippen LogP contribution is 2.65. The molecule has 0 saturated heterocycles. The Morgan fingerprint density at radius 3 is 2.34 bits per heavy atom. The van der Waals surface area contributed by atoms with Crippen molar-refractivity contribution in [1.29, 1.82) is 0 Å². The summed E-state index contributed by atoms with van der Waals surface area (Å²) in [4.78, 5) is 25.1. The third-order valence-corrected chi connectivity index (χ3v) is 6.70. The maximum absolute atomic E-state index is 13.4. The van der Waals surface area contributed by atoms with Gasteiger partial charge in [-0.05, 0) is 36.2 Å². The minimum Gasteiger partial charge on any atom is -0.326 e. The number of amides is 1. The lowest BCUT2D eigenvalue weighted by molar-refractivity contribution is -0.137. The van der Waals surface area contributed by atoms with E-state index in [1.807, 2.05) is 0 Å². The van der Waals surface area contributed by atoms with Crippen molar-refractivity contribution >= 4 is 63.8 Å². The van der Waals surface area contributed by atoms with Crippen LogP contribution in [0.3, 0.4) is 0 Å². The number of anilines is 1. The van der Waals surface area contributed by atoms with E-state index in [2.05, 4.69) is 5.32 Å². The zero-order valence-electron chi connectivity index (χ0n) is 16.3.